The molecule has 0 unspecified atom stereocenters. The van der Waals surface area contributed by atoms with Crippen LogP contribution >= 0.6 is 0 Å². The Hall–Kier alpha value is -2.92. The molecule has 1 amide bonds. The maximum atomic E-state index is 11.9. The van der Waals surface area contributed by atoms with Crippen LogP contribution in [0.4, 0.5) is 0 Å². The van der Waals surface area contributed by atoms with Gasteiger partial charge in [-0.2, -0.15) is 9.97 Å². The number of aromatic nitrogens is 4. The molecule has 0 saturated heterocycles. The van der Waals surface area contributed by atoms with Crippen molar-refractivity contribution in [3.05, 3.63) is 23.4 Å². The van der Waals surface area contributed by atoms with E-state index in [1.165, 1.54) is 64.2 Å². The summed E-state index contributed by atoms with van der Waals surface area (Å²) in [6, 6.07) is 0. The zero-order valence-corrected chi connectivity index (χ0v) is 33.2. The van der Waals surface area contributed by atoms with Gasteiger partial charge in [-0.25, -0.2) is 22.3 Å². The molecule has 2 fully saturated rings. The van der Waals surface area contributed by atoms with E-state index in [4.69, 9.17) is 14.3 Å². The van der Waals surface area contributed by atoms with Gasteiger partial charge in [0.1, 0.15) is 11.5 Å². The van der Waals surface area contributed by atoms with Gasteiger partial charge >= 0.3 is 5.97 Å². The first-order valence-electron chi connectivity index (χ1n) is 19.5. The standard InChI is InChI=1S/C18H31N3O5S.C18H30N2O5S/c1-2-11-27(24,25)13-16-19-18(26-21-16)15(12-17(22)20-23)10-6-9-14-7-4-3-5-8-14;1-2-11-26(23,24)13-16-19-18(25-20-16)15(12-17(21)22)10-6-9-14-7-4-3-5-8-14/h14-15,23H,2-13H2,1H3,(H,20,22);14-15H,2-13H2,1H3,(H,21,22)/t2*15-/m11/s1. The number of carboxylic acids is 1. The number of sulfone groups is 2. The number of carboxylic acid groups (broad SMARTS) is 1. The van der Waals surface area contributed by atoms with Crippen molar-refractivity contribution in [3.63, 3.8) is 0 Å². The largest absolute Gasteiger partial charge is 0.481 e. The van der Waals surface area contributed by atoms with E-state index in [0.29, 0.717) is 25.7 Å². The Bertz CT molecular complexity index is 1580. The summed E-state index contributed by atoms with van der Waals surface area (Å²) in [4.78, 5) is 31.2. The first-order valence-corrected chi connectivity index (χ1v) is 23.2. The van der Waals surface area contributed by atoms with Crippen LogP contribution in [0.1, 0.15) is 178 Å². The Morgan fingerprint density at radius 1 is 0.717 bits per heavy atom. The summed E-state index contributed by atoms with van der Waals surface area (Å²) >= 11 is 0. The number of aliphatic carboxylic acids is 1. The number of nitrogens with zero attached hydrogens (tertiary/aromatic N) is 4. The highest BCUT2D eigenvalue weighted by molar-refractivity contribution is 7.90. The lowest BCUT2D eigenvalue weighted by atomic mass is 9.84. The Morgan fingerprint density at radius 3 is 1.51 bits per heavy atom. The summed E-state index contributed by atoms with van der Waals surface area (Å²) in [6.45, 7) is 3.60. The smallest absolute Gasteiger partial charge is 0.304 e. The lowest BCUT2D eigenvalue weighted by molar-refractivity contribution is -0.137. The Morgan fingerprint density at radius 2 is 1.13 bits per heavy atom. The van der Waals surface area contributed by atoms with Gasteiger partial charge in [0.2, 0.25) is 17.7 Å². The zero-order chi connectivity index (χ0) is 38.7. The van der Waals surface area contributed by atoms with Gasteiger partial charge in [0.25, 0.3) is 0 Å². The molecule has 4 rings (SSSR count). The molecular formula is C36H61N5O10S2. The monoisotopic (exact) mass is 787 g/mol. The minimum absolute atomic E-state index is 0.0323. The molecule has 302 valence electrons. The molecule has 3 N–H and O–H groups in total. The quantitative estimate of drug-likeness (QED) is 0.0820. The van der Waals surface area contributed by atoms with E-state index in [0.717, 1.165) is 37.5 Å². The van der Waals surface area contributed by atoms with E-state index < -0.39 is 31.6 Å². The molecular weight excluding hydrogens is 727 g/mol. The van der Waals surface area contributed by atoms with Crippen molar-refractivity contribution in [2.24, 2.45) is 11.8 Å². The van der Waals surface area contributed by atoms with Crippen molar-refractivity contribution in [2.75, 3.05) is 11.5 Å². The van der Waals surface area contributed by atoms with Gasteiger partial charge in [-0.3, -0.25) is 14.8 Å². The van der Waals surface area contributed by atoms with Crippen LogP contribution in [0.3, 0.4) is 0 Å². The minimum Gasteiger partial charge on any atom is -0.481 e. The second-order valence-electron chi connectivity index (χ2n) is 14.9. The van der Waals surface area contributed by atoms with Crippen LogP contribution in [-0.2, 0) is 40.8 Å². The summed E-state index contributed by atoms with van der Waals surface area (Å²) in [5.41, 5.74) is 1.64. The predicted molar refractivity (Wildman–Crippen MR) is 197 cm³/mol. The molecule has 0 spiro atoms. The van der Waals surface area contributed by atoms with E-state index in [-0.39, 0.29) is 71.1 Å². The van der Waals surface area contributed by atoms with Crippen LogP contribution in [0, 0.1) is 11.8 Å². The normalized spacial score (nSPS) is 17.1. The molecule has 0 aromatic carbocycles. The molecule has 0 bridgehead atoms. The van der Waals surface area contributed by atoms with Crippen LogP contribution in [0.15, 0.2) is 9.05 Å². The number of rotatable bonds is 22. The Kier molecular flexibility index (Phi) is 19.4. The topological polar surface area (TPSA) is 233 Å². The van der Waals surface area contributed by atoms with Crippen LogP contribution in [0.2, 0.25) is 0 Å². The number of nitrogens with one attached hydrogen (secondary N) is 1. The summed E-state index contributed by atoms with van der Waals surface area (Å²) < 4.78 is 58.1. The third-order valence-corrected chi connectivity index (χ3v) is 13.6. The molecule has 2 saturated carbocycles. The van der Waals surface area contributed by atoms with Crippen LogP contribution < -0.4 is 5.48 Å². The fourth-order valence-corrected chi connectivity index (χ4v) is 10.1. The first-order chi connectivity index (χ1) is 25.3. The molecule has 53 heavy (non-hydrogen) atoms. The van der Waals surface area contributed by atoms with Crippen molar-refractivity contribution in [2.45, 2.75) is 166 Å². The highest BCUT2D eigenvalue weighted by Gasteiger charge is 2.26. The number of carbonyl (C=O) groups is 2. The van der Waals surface area contributed by atoms with Gasteiger partial charge in [-0.05, 0) is 37.5 Å². The highest BCUT2D eigenvalue weighted by atomic mass is 32.2. The number of amides is 1. The molecule has 17 heteroatoms. The van der Waals surface area contributed by atoms with Crippen molar-refractivity contribution < 1.29 is 45.8 Å². The average Bonchev–Trinajstić information content (AvgIpc) is 3.77. The third kappa shape index (κ3) is 17.4. The fraction of sp³-hybridized carbons (Fsp3) is 0.833. The third-order valence-electron chi connectivity index (χ3n) is 10.2. The van der Waals surface area contributed by atoms with Gasteiger partial charge in [0.15, 0.2) is 31.3 Å². The highest BCUT2D eigenvalue weighted by Crippen LogP contribution is 2.32. The van der Waals surface area contributed by atoms with Crippen LogP contribution in [-0.4, -0.2) is 70.8 Å². The molecule has 15 nitrogen and oxygen atoms in total. The molecule has 2 aliphatic rings. The summed E-state index contributed by atoms with van der Waals surface area (Å²) in [5, 5.41) is 25.5. The van der Waals surface area contributed by atoms with Crippen molar-refractivity contribution in [1.29, 1.82) is 0 Å². The Labute approximate surface area is 314 Å². The predicted octanol–water partition coefficient (Wildman–Crippen LogP) is 6.83. The Balaban J connectivity index is 0.000000286. The summed E-state index contributed by atoms with van der Waals surface area (Å²) in [5.74, 6) is -0.222. The zero-order valence-electron chi connectivity index (χ0n) is 31.5. The lowest BCUT2D eigenvalue weighted by Gasteiger charge is -2.22. The lowest BCUT2D eigenvalue weighted by Crippen LogP contribution is -2.21. The van der Waals surface area contributed by atoms with E-state index in [1.807, 2.05) is 0 Å². The van der Waals surface area contributed by atoms with E-state index >= 15 is 0 Å². The van der Waals surface area contributed by atoms with Gasteiger partial charge in [0.05, 0.1) is 17.9 Å². The fourth-order valence-electron chi connectivity index (χ4n) is 7.51. The van der Waals surface area contributed by atoms with Crippen molar-refractivity contribution >= 4 is 31.6 Å². The molecule has 2 aliphatic carbocycles. The first kappa shape index (κ1) is 44.5. The average molecular weight is 788 g/mol. The molecule has 0 aliphatic heterocycles. The molecule has 2 heterocycles. The molecule has 0 radical (unpaired) electrons. The van der Waals surface area contributed by atoms with E-state index in [2.05, 4.69) is 20.3 Å². The number of carbonyl (C=O) groups excluding carboxylic acids is 1. The molecule has 2 aromatic rings. The van der Waals surface area contributed by atoms with E-state index in [1.54, 1.807) is 19.3 Å². The molecule has 2 atom stereocenters. The summed E-state index contributed by atoms with van der Waals surface area (Å²) in [6.07, 6.45) is 19.3. The van der Waals surface area contributed by atoms with Gasteiger partial charge in [-0.1, -0.05) is 114 Å². The minimum atomic E-state index is -3.26. The number of hydrogen-bond acceptors (Lipinski definition) is 13. The van der Waals surface area contributed by atoms with E-state index in [9.17, 15) is 31.5 Å². The van der Waals surface area contributed by atoms with Gasteiger partial charge < -0.3 is 14.2 Å². The maximum Gasteiger partial charge on any atom is 0.304 e. The van der Waals surface area contributed by atoms with Crippen LogP contribution in [0.5, 0.6) is 0 Å². The SMILES string of the molecule is CCCS(=O)(=O)Cc1noc([C@H](CCCC2CCCCC2)CC(=O)NO)n1.CCCS(=O)(=O)Cc1noc([C@H](CCCC2CCCCC2)CC(=O)O)n1. The van der Waals surface area contributed by atoms with Crippen LogP contribution in [0.25, 0.3) is 0 Å². The van der Waals surface area contributed by atoms with Crippen molar-refractivity contribution in [3.8, 4) is 0 Å². The maximum absolute atomic E-state index is 11.9. The number of hydroxylamine groups is 1. The number of hydrogen-bond donors (Lipinski definition) is 3. The van der Waals surface area contributed by atoms with Gasteiger partial charge in [0, 0.05) is 18.3 Å². The van der Waals surface area contributed by atoms with Gasteiger partial charge in [-0.15, -0.1) is 0 Å². The van der Waals surface area contributed by atoms with Crippen molar-refractivity contribution in [1.82, 2.24) is 25.8 Å². The summed E-state index contributed by atoms with van der Waals surface area (Å²) in [7, 11) is -6.51. The second-order valence-corrected chi connectivity index (χ2v) is 19.3. The second kappa shape index (κ2) is 23.1. The molecule has 2 aromatic heterocycles.